The second-order valence-electron chi connectivity index (χ2n) is 19.3. The minimum atomic E-state index is 0.0445. The third-order valence-corrected chi connectivity index (χ3v) is 12.3. The first-order valence-electron chi connectivity index (χ1n) is 21.1. The van der Waals surface area contributed by atoms with Crippen molar-refractivity contribution in [1.29, 1.82) is 0 Å². The Morgan fingerprint density at radius 1 is 0.549 bits per heavy atom. The first kappa shape index (κ1) is 40.4. The summed E-state index contributed by atoms with van der Waals surface area (Å²) >= 11 is 0. The lowest BCUT2D eigenvalue weighted by molar-refractivity contribution is -0.314. The lowest BCUT2D eigenvalue weighted by atomic mass is 9.73. The van der Waals surface area contributed by atoms with Crippen LogP contribution in [0.3, 0.4) is 0 Å². The van der Waals surface area contributed by atoms with E-state index in [4.69, 9.17) is 15.4 Å². The molecule has 4 N–H and O–H groups in total. The predicted molar refractivity (Wildman–Crippen MR) is 210 cm³/mol. The number of rotatable bonds is 16. The Kier molecular flexibility index (Phi) is 13.9. The van der Waals surface area contributed by atoms with E-state index >= 15 is 0 Å². The van der Waals surface area contributed by atoms with Gasteiger partial charge in [-0.1, -0.05) is 64.2 Å². The van der Waals surface area contributed by atoms with Crippen LogP contribution in [0.4, 0.5) is 17.8 Å². The monoisotopic (exact) mass is 713 g/mol. The summed E-state index contributed by atoms with van der Waals surface area (Å²) in [6.45, 7) is 20.7. The third-order valence-electron chi connectivity index (χ3n) is 12.3. The van der Waals surface area contributed by atoms with Gasteiger partial charge in [0.05, 0.1) is 12.2 Å². The van der Waals surface area contributed by atoms with Crippen molar-refractivity contribution in [3.05, 3.63) is 0 Å². The molecular formula is C41H76N8O2. The molecular weight excluding hydrogens is 637 g/mol. The van der Waals surface area contributed by atoms with E-state index in [0.29, 0.717) is 35.9 Å². The van der Waals surface area contributed by atoms with E-state index in [1.54, 1.807) is 0 Å². The lowest BCUT2D eigenvalue weighted by Crippen LogP contribution is -2.61. The van der Waals surface area contributed by atoms with Crippen LogP contribution in [0.15, 0.2) is 0 Å². The van der Waals surface area contributed by atoms with Crippen molar-refractivity contribution >= 4 is 17.8 Å². The molecule has 4 aliphatic rings. The second kappa shape index (κ2) is 17.6. The van der Waals surface area contributed by atoms with Gasteiger partial charge in [-0.3, -0.25) is 9.68 Å². The fourth-order valence-electron chi connectivity index (χ4n) is 10.6. The molecule has 4 fully saturated rings. The number of unbranched alkanes of at least 4 members (excludes halogenated alkanes) is 2. The third kappa shape index (κ3) is 11.6. The highest BCUT2D eigenvalue weighted by molar-refractivity contribution is 5.39. The Bertz CT molecular complexity index is 1090. The second-order valence-corrected chi connectivity index (χ2v) is 19.3. The average Bonchev–Trinajstić information content (AvgIpc) is 3.04. The highest BCUT2D eigenvalue weighted by Gasteiger charge is 2.48. The molecule has 0 unspecified atom stereocenters. The molecule has 0 aromatic carbocycles. The zero-order chi connectivity index (χ0) is 36.7. The number of nitrogens with zero attached hydrogens (tertiary/aromatic N) is 5. The highest BCUT2D eigenvalue weighted by atomic mass is 16.7. The highest BCUT2D eigenvalue weighted by Crippen LogP contribution is 2.46. The summed E-state index contributed by atoms with van der Waals surface area (Å²) in [5.74, 6) is 2.79. The van der Waals surface area contributed by atoms with Gasteiger partial charge in [0.1, 0.15) is 0 Å². The number of hydroxylamine groups is 4. The topological polar surface area (TPSA) is 114 Å². The van der Waals surface area contributed by atoms with Crippen LogP contribution in [0.5, 0.6) is 0 Å². The summed E-state index contributed by atoms with van der Waals surface area (Å²) in [7, 11) is 0. The van der Waals surface area contributed by atoms with E-state index in [0.717, 1.165) is 25.9 Å². The molecule has 1 aromatic rings. The molecule has 0 spiro atoms. The van der Waals surface area contributed by atoms with Crippen LogP contribution < -0.4 is 16.4 Å². The molecule has 0 bridgehead atoms. The molecule has 10 nitrogen and oxygen atoms in total. The average molecular weight is 713 g/mol. The zero-order valence-electron chi connectivity index (χ0n) is 34.0. The maximum atomic E-state index is 6.70. The van der Waals surface area contributed by atoms with Crippen molar-refractivity contribution in [2.24, 2.45) is 11.8 Å². The Morgan fingerprint density at radius 2 is 0.902 bits per heavy atom. The number of anilines is 3. The van der Waals surface area contributed by atoms with Crippen molar-refractivity contribution < 1.29 is 9.68 Å². The quantitative estimate of drug-likeness (QED) is 0.143. The first-order valence-corrected chi connectivity index (χ1v) is 21.1. The van der Waals surface area contributed by atoms with Crippen molar-refractivity contribution in [2.45, 2.75) is 218 Å². The number of hydrogen-bond acceptors (Lipinski definition) is 10. The Balaban J connectivity index is 0.982. The maximum Gasteiger partial charge on any atom is 0.229 e. The largest absolute Gasteiger partial charge is 0.368 e. The van der Waals surface area contributed by atoms with E-state index in [2.05, 4.69) is 91.1 Å². The van der Waals surface area contributed by atoms with Gasteiger partial charge >= 0.3 is 0 Å². The number of hydrogen-bond donors (Lipinski definition) is 3. The van der Waals surface area contributed by atoms with Gasteiger partial charge in [-0.25, -0.2) is 0 Å². The predicted octanol–water partition coefficient (Wildman–Crippen LogP) is 9.69. The number of aromatic nitrogens is 3. The fraction of sp³-hybridized carbons (Fsp3) is 0.927. The van der Waals surface area contributed by atoms with Crippen LogP contribution in [0.1, 0.15) is 184 Å². The lowest BCUT2D eigenvalue weighted by Gasteiger charge is -2.55. The summed E-state index contributed by atoms with van der Waals surface area (Å²) in [6, 6.07) is 0. The molecule has 2 saturated carbocycles. The van der Waals surface area contributed by atoms with Crippen LogP contribution >= 0.6 is 0 Å². The summed E-state index contributed by atoms with van der Waals surface area (Å²) in [5, 5.41) is 11.6. The Labute approximate surface area is 311 Å². The van der Waals surface area contributed by atoms with Crippen LogP contribution in [-0.2, 0) is 9.68 Å². The molecule has 3 heterocycles. The van der Waals surface area contributed by atoms with Gasteiger partial charge in [0.25, 0.3) is 0 Å². The Hall–Kier alpha value is -1.75. The van der Waals surface area contributed by atoms with Crippen molar-refractivity contribution in [3.8, 4) is 0 Å². The van der Waals surface area contributed by atoms with Crippen LogP contribution in [-0.4, -0.2) is 72.5 Å². The van der Waals surface area contributed by atoms with Crippen LogP contribution in [0.2, 0.25) is 0 Å². The normalized spacial score (nSPS) is 25.2. The summed E-state index contributed by atoms with van der Waals surface area (Å²) in [4.78, 5) is 26.8. The molecule has 1 aromatic heterocycles. The smallest absolute Gasteiger partial charge is 0.229 e. The SMILES string of the molecule is CC1(C)CC(CCCCNc2nc(N)nc(NCCCCC3CC(C)(C)N(OC4CCCCC4)C(C)(C)C3)n2)CC(C)(C)N1OC1CCCCC1. The van der Waals surface area contributed by atoms with E-state index in [-0.39, 0.29) is 28.1 Å². The number of piperidine rings is 2. The van der Waals surface area contributed by atoms with Gasteiger partial charge in [0.2, 0.25) is 17.8 Å². The van der Waals surface area contributed by atoms with Crippen molar-refractivity contribution in [3.63, 3.8) is 0 Å². The zero-order valence-corrected chi connectivity index (χ0v) is 34.0. The van der Waals surface area contributed by atoms with Crippen LogP contribution in [0, 0.1) is 11.8 Å². The van der Waals surface area contributed by atoms with Gasteiger partial charge in [-0.05, 0) is 131 Å². The van der Waals surface area contributed by atoms with Gasteiger partial charge < -0.3 is 16.4 Å². The molecule has 51 heavy (non-hydrogen) atoms. The number of nitrogens with two attached hydrogens (primary N) is 1. The van der Waals surface area contributed by atoms with E-state index in [1.807, 2.05) is 0 Å². The van der Waals surface area contributed by atoms with Crippen LogP contribution in [0.25, 0.3) is 0 Å². The minimum absolute atomic E-state index is 0.0445. The summed E-state index contributed by atoms with van der Waals surface area (Å²) < 4.78 is 0. The van der Waals surface area contributed by atoms with Gasteiger partial charge in [0.15, 0.2) is 0 Å². The minimum Gasteiger partial charge on any atom is -0.368 e. The molecule has 0 radical (unpaired) electrons. The molecule has 2 aliphatic carbocycles. The van der Waals surface area contributed by atoms with Crippen molar-refractivity contribution in [1.82, 2.24) is 25.1 Å². The molecule has 2 saturated heterocycles. The first-order chi connectivity index (χ1) is 24.1. The van der Waals surface area contributed by atoms with E-state index < -0.39 is 0 Å². The van der Waals surface area contributed by atoms with E-state index in [1.165, 1.54) is 116 Å². The molecule has 2 aliphatic heterocycles. The summed E-state index contributed by atoms with van der Waals surface area (Å²) in [5.41, 5.74) is 6.26. The molecule has 0 amide bonds. The van der Waals surface area contributed by atoms with Gasteiger partial charge in [0, 0.05) is 35.2 Å². The van der Waals surface area contributed by atoms with E-state index in [9.17, 15) is 0 Å². The molecule has 5 rings (SSSR count). The fourth-order valence-corrected chi connectivity index (χ4v) is 10.6. The molecule has 292 valence electrons. The standard InChI is InChI=1S/C41H76N8O2/c1-38(2)27-31(28-39(3,4)48(38)50-33-21-11-9-12-22-33)19-15-17-25-43-36-45-35(42)46-37(47-36)44-26-18-16-20-32-29-40(5,6)49(41(7,8)30-32)51-34-23-13-10-14-24-34/h31-34H,9-30H2,1-8H3,(H4,42,43,44,45,46,47). The van der Waals surface area contributed by atoms with Gasteiger partial charge in [-0.15, -0.1) is 0 Å². The van der Waals surface area contributed by atoms with Gasteiger partial charge in [-0.2, -0.15) is 25.1 Å². The molecule has 0 atom stereocenters. The summed E-state index contributed by atoms with van der Waals surface area (Å²) in [6.07, 6.45) is 25.3. The number of nitrogens with one attached hydrogen (secondary N) is 2. The molecule has 10 heteroatoms. The number of nitrogen functional groups attached to an aromatic ring is 1. The van der Waals surface area contributed by atoms with Crippen molar-refractivity contribution in [2.75, 3.05) is 29.5 Å². The Morgan fingerprint density at radius 3 is 1.25 bits per heavy atom. The maximum absolute atomic E-state index is 6.70.